The van der Waals surface area contributed by atoms with Crippen LogP contribution >= 0.6 is 0 Å². The molecule has 0 spiro atoms. The van der Waals surface area contributed by atoms with Crippen LogP contribution in [0.25, 0.3) is 0 Å². The van der Waals surface area contributed by atoms with Gasteiger partial charge in [-0.2, -0.15) is 0 Å². The second-order valence-corrected chi connectivity index (χ2v) is 8.00. The van der Waals surface area contributed by atoms with Crippen molar-refractivity contribution in [1.29, 1.82) is 0 Å². The standard InChI is InChI=1S/C24H27FN2O4/c25-20-5-1-2-6-21(20)31-19-10-8-18(9-11-19)26-23(28)17-12-14-27(15-13-17)24(29)22-7-3-4-16-30-22/h1-2,5-6,8-11,17,22H,3-4,7,12-16H2,(H,26,28)/t22-/m0/s1. The van der Waals surface area contributed by atoms with Gasteiger partial charge < -0.3 is 19.7 Å². The fourth-order valence-corrected chi connectivity index (χ4v) is 4.01. The van der Waals surface area contributed by atoms with Gasteiger partial charge in [-0.15, -0.1) is 0 Å². The van der Waals surface area contributed by atoms with E-state index in [1.165, 1.54) is 6.07 Å². The minimum Gasteiger partial charge on any atom is -0.454 e. The molecule has 2 aliphatic rings. The van der Waals surface area contributed by atoms with Gasteiger partial charge in [0.05, 0.1) is 0 Å². The molecule has 164 valence electrons. The van der Waals surface area contributed by atoms with Gasteiger partial charge in [0.15, 0.2) is 11.6 Å². The summed E-state index contributed by atoms with van der Waals surface area (Å²) in [6, 6.07) is 13.0. The molecule has 2 fully saturated rings. The van der Waals surface area contributed by atoms with Crippen molar-refractivity contribution < 1.29 is 23.5 Å². The van der Waals surface area contributed by atoms with Crippen molar-refractivity contribution in [3.05, 3.63) is 54.3 Å². The first-order valence-electron chi connectivity index (χ1n) is 10.8. The van der Waals surface area contributed by atoms with Crippen molar-refractivity contribution in [1.82, 2.24) is 4.90 Å². The Bertz CT molecular complexity index is 904. The van der Waals surface area contributed by atoms with E-state index in [9.17, 15) is 14.0 Å². The Balaban J connectivity index is 1.26. The summed E-state index contributed by atoms with van der Waals surface area (Å²) in [6.45, 7) is 1.80. The fourth-order valence-electron chi connectivity index (χ4n) is 4.01. The molecule has 2 amide bonds. The second kappa shape index (κ2) is 9.92. The minimum absolute atomic E-state index is 0.0520. The number of ether oxygens (including phenoxy) is 2. The first-order valence-corrected chi connectivity index (χ1v) is 10.8. The maximum atomic E-state index is 13.7. The molecule has 0 aliphatic carbocycles. The summed E-state index contributed by atoms with van der Waals surface area (Å²) in [6.07, 6.45) is 3.79. The van der Waals surface area contributed by atoms with Crippen LogP contribution in [0, 0.1) is 11.7 Å². The number of carbonyl (C=O) groups is 2. The summed E-state index contributed by atoms with van der Waals surface area (Å²) < 4.78 is 24.8. The monoisotopic (exact) mass is 426 g/mol. The maximum absolute atomic E-state index is 13.7. The van der Waals surface area contributed by atoms with Crippen molar-refractivity contribution in [3.8, 4) is 11.5 Å². The van der Waals surface area contributed by atoms with Crippen molar-refractivity contribution in [2.45, 2.75) is 38.2 Å². The SMILES string of the molecule is O=C(Nc1ccc(Oc2ccccc2F)cc1)C1CCN(C(=O)[C@@H]2CCCCO2)CC1. The molecule has 0 saturated carbocycles. The van der Waals surface area contributed by atoms with Gasteiger partial charge in [0, 0.05) is 31.3 Å². The highest BCUT2D eigenvalue weighted by molar-refractivity contribution is 5.92. The lowest BCUT2D eigenvalue weighted by molar-refractivity contribution is -0.148. The third-order valence-corrected chi connectivity index (χ3v) is 5.82. The van der Waals surface area contributed by atoms with E-state index in [1.807, 2.05) is 4.90 Å². The highest BCUT2D eigenvalue weighted by Crippen LogP contribution is 2.26. The van der Waals surface area contributed by atoms with E-state index >= 15 is 0 Å². The number of likely N-dealkylation sites (tertiary alicyclic amines) is 1. The van der Waals surface area contributed by atoms with E-state index < -0.39 is 5.82 Å². The normalized spacial score (nSPS) is 19.6. The summed E-state index contributed by atoms with van der Waals surface area (Å²) in [7, 11) is 0. The van der Waals surface area contributed by atoms with E-state index in [0.29, 0.717) is 44.0 Å². The predicted molar refractivity (Wildman–Crippen MR) is 114 cm³/mol. The van der Waals surface area contributed by atoms with Crippen LogP contribution in [0.5, 0.6) is 11.5 Å². The molecule has 7 heteroatoms. The molecule has 2 heterocycles. The number of benzene rings is 2. The van der Waals surface area contributed by atoms with Crippen molar-refractivity contribution in [2.24, 2.45) is 5.92 Å². The number of piperidine rings is 1. The summed E-state index contributed by atoms with van der Waals surface area (Å²) in [5, 5.41) is 2.92. The van der Waals surface area contributed by atoms with Crippen LogP contribution in [0.1, 0.15) is 32.1 Å². The Morgan fingerprint density at radius 2 is 1.74 bits per heavy atom. The topological polar surface area (TPSA) is 67.9 Å². The number of nitrogens with zero attached hydrogens (tertiary/aromatic N) is 1. The molecule has 0 aromatic heterocycles. The third kappa shape index (κ3) is 5.41. The van der Waals surface area contributed by atoms with Gasteiger partial charge in [-0.3, -0.25) is 9.59 Å². The van der Waals surface area contributed by atoms with Crippen LogP contribution < -0.4 is 10.1 Å². The van der Waals surface area contributed by atoms with Crippen molar-refractivity contribution in [3.63, 3.8) is 0 Å². The minimum atomic E-state index is -0.431. The molecular weight excluding hydrogens is 399 g/mol. The molecule has 0 bridgehead atoms. The second-order valence-electron chi connectivity index (χ2n) is 8.00. The number of rotatable bonds is 5. The highest BCUT2D eigenvalue weighted by Gasteiger charge is 2.32. The average Bonchev–Trinajstić information content (AvgIpc) is 2.82. The molecule has 2 aromatic rings. The first-order chi connectivity index (χ1) is 15.1. The van der Waals surface area contributed by atoms with Gasteiger partial charge >= 0.3 is 0 Å². The van der Waals surface area contributed by atoms with Crippen molar-refractivity contribution >= 4 is 17.5 Å². The number of carbonyl (C=O) groups excluding carboxylic acids is 2. The average molecular weight is 426 g/mol. The van der Waals surface area contributed by atoms with Crippen molar-refractivity contribution in [2.75, 3.05) is 25.0 Å². The van der Waals surface area contributed by atoms with Crippen LogP contribution in [0.3, 0.4) is 0 Å². The Hall–Kier alpha value is -2.93. The summed E-state index contributed by atoms with van der Waals surface area (Å²) >= 11 is 0. The number of anilines is 1. The van der Waals surface area contributed by atoms with Crippen LogP contribution in [0.2, 0.25) is 0 Å². The number of hydrogen-bond donors (Lipinski definition) is 1. The summed E-state index contributed by atoms with van der Waals surface area (Å²) in [5.74, 6) is 0.0808. The Labute approximate surface area is 181 Å². The largest absolute Gasteiger partial charge is 0.454 e. The van der Waals surface area contributed by atoms with E-state index in [4.69, 9.17) is 9.47 Å². The number of nitrogens with one attached hydrogen (secondary N) is 1. The number of para-hydroxylation sites is 1. The lowest BCUT2D eigenvalue weighted by Gasteiger charge is -2.34. The zero-order valence-corrected chi connectivity index (χ0v) is 17.4. The quantitative estimate of drug-likeness (QED) is 0.771. The maximum Gasteiger partial charge on any atom is 0.251 e. The van der Waals surface area contributed by atoms with Gasteiger partial charge in [0.1, 0.15) is 11.9 Å². The molecule has 0 radical (unpaired) electrons. The predicted octanol–water partition coefficient (Wildman–Crippen LogP) is 4.36. The molecule has 2 aromatic carbocycles. The van der Waals surface area contributed by atoms with E-state index in [0.717, 1.165) is 19.3 Å². The molecule has 2 aliphatic heterocycles. The molecule has 1 N–H and O–H groups in total. The number of amides is 2. The van der Waals surface area contributed by atoms with E-state index in [2.05, 4.69) is 5.32 Å². The Kier molecular flexibility index (Phi) is 6.82. The van der Waals surface area contributed by atoms with Gasteiger partial charge in [0.2, 0.25) is 5.91 Å². The summed E-state index contributed by atoms with van der Waals surface area (Å²) in [5.41, 5.74) is 0.653. The third-order valence-electron chi connectivity index (χ3n) is 5.82. The molecule has 0 unspecified atom stereocenters. The molecule has 31 heavy (non-hydrogen) atoms. The van der Waals surface area contributed by atoms with Gasteiger partial charge in [0.25, 0.3) is 5.91 Å². The van der Waals surface area contributed by atoms with E-state index in [1.54, 1.807) is 42.5 Å². The lowest BCUT2D eigenvalue weighted by Crippen LogP contribution is -2.47. The number of halogens is 1. The van der Waals surface area contributed by atoms with Gasteiger partial charge in [-0.1, -0.05) is 12.1 Å². The lowest BCUT2D eigenvalue weighted by atomic mass is 9.95. The van der Waals surface area contributed by atoms with Crippen LogP contribution in [-0.2, 0) is 14.3 Å². The Morgan fingerprint density at radius 1 is 1.00 bits per heavy atom. The fraction of sp³-hybridized carbons (Fsp3) is 0.417. The molecule has 2 saturated heterocycles. The van der Waals surface area contributed by atoms with Gasteiger partial charge in [-0.05, 0) is 68.5 Å². The molecule has 6 nitrogen and oxygen atoms in total. The van der Waals surface area contributed by atoms with Crippen LogP contribution in [0.4, 0.5) is 10.1 Å². The first kappa shape index (κ1) is 21.3. The van der Waals surface area contributed by atoms with Crippen LogP contribution in [0.15, 0.2) is 48.5 Å². The van der Waals surface area contributed by atoms with E-state index in [-0.39, 0.29) is 29.6 Å². The zero-order valence-electron chi connectivity index (χ0n) is 17.4. The Morgan fingerprint density at radius 3 is 2.42 bits per heavy atom. The smallest absolute Gasteiger partial charge is 0.251 e. The highest BCUT2D eigenvalue weighted by atomic mass is 19.1. The van der Waals surface area contributed by atoms with Gasteiger partial charge in [-0.25, -0.2) is 4.39 Å². The zero-order chi connectivity index (χ0) is 21.6. The summed E-state index contributed by atoms with van der Waals surface area (Å²) in [4.78, 5) is 27.0. The molecular formula is C24H27FN2O4. The molecule has 1 atom stereocenters. The number of hydrogen-bond acceptors (Lipinski definition) is 4. The van der Waals surface area contributed by atoms with Crippen LogP contribution in [-0.4, -0.2) is 42.5 Å². The molecule has 4 rings (SSSR count).